The summed E-state index contributed by atoms with van der Waals surface area (Å²) in [5, 5.41) is 0. The molecule has 0 aliphatic rings. The van der Waals surface area contributed by atoms with E-state index in [0.29, 0.717) is 16.6 Å². The molecule has 0 saturated carbocycles. The highest BCUT2D eigenvalue weighted by atomic mass is 79.9. The highest BCUT2D eigenvalue weighted by Gasteiger charge is 2.27. The lowest BCUT2D eigenvalue weighted by molar-refractivity contribution is -0.137. The molecule has 1 aromatic rings. The second kappa shape index (κ2) is 7.05. The quantitative estimate of drug-likeness (QED) is 0.733. The fourth-order valence-electron chi connectivity index (χ4n) is 1.54. The van der Waals surface area contributed by atoms with Gasteiger partial charge in [0.05, 0.1) is 6.42 Å². The zero-order valence-corrected chi connectivity index (χ0v) is 12.1. The zero-order chi connectivity index (χ0) is 14.5. The number of hydrogen-bond acceptors (Lipinski definition) is 2. The van der Waals surface area contributed by atoms with Crippen LogP contribution in [0.15, 0.2) is 28.7 Å². The summed E-state index contributed by atoms with van der Waals surface area (Å²) in [7, 11) is 1.58. The molecule has 0 fully saturated rings. The van der Waals surface area contributed by atoms with E-state index < -0.39 is 12.6 Å². The van der Waals surface area contributed by atoms with Gasteiger partial charge in [-0.05, 0) is 13.1 Å². The van der Waals surface area contributed by atoms with Gasteiger partial charge in [-0.15, -0.1) is 0 Å². The number of ketones is 1. The number of carbonyl (C=O) groups excluding carboxylic acids is 1. The highest BCUT2D eigenvalue weighted by Crippen LogP contribution is 2.20. The molecule has 0 saturated heterocycles. The van der Waals surface area contributed by atoms with Gasteiger partial charge in [-0.3, -0.25) is 4.79 Å². The number of nitrogens with zero attached hydrogens (tertiary/aromatic N) is 1. The summed E-state index contributed by atoms with van der Waals surface area (Å²) < 4.78 is 36.8. The van der Waals surface area contributed by atoms with Crippen LogP contribution in [0.1, 0.15) is 23.2 Å². The molecule has 6 heteroatoms. The maximum Gasteiger partial charge on any atom is 0.390 e. The molecule has 1 aromatic carbocycles. The highest BCUT2D eigenvalue weighted by molar-refractivity contribution is 9.10. The first kappa shape index (κ1) is 16.2. The maximum atomic E-state index is 12.0. The molecule has 106 valence electrons. The normalized spacial score (nSPS) is 11.9. The van der Waals surface area contributed by atoms with Crippen molar-refractivity contribution in [3.8, 4) is 0 Å². The average Bonchev–Trinajstić information content (AvgIpc) is 2.33. The third-order valence-corrected chi connectivity index (χ3v) is 3.36. The smallest absolute Gasteiger partial charge is 0.306 e. The van der Waals surface area contributed by atoms with Gasteiger partial charge in [-0.2, -0.15) is 13.2 Å². The SMILES string of the molecule is CN(CCC(=O)c1ccccc1Br)CCC(F)(F)F. The molecule has 0 N–H and O–H groups in total. The molecule has 0 aliphatic heterocycles. The van der Waals surface area contributed by atoms with Gasteiger partial charge in [-0.25, -0.2) is 0 Å². The number of carbonyl (C=O) groups is 1. The number of alkyl halides is 3. The van der Waals surface area contributed by atoms with Gasteiger partial charge >= 0.3 is 6.18 Å². The Morgan fingerprint density at radius 1 is 1.26 bits per heavy atom. The Bertz CT molecular complexity index is 434. The lowest BCUT2D eigenvalue weighted by Gasteiger charge is -2.17. The molecule has 0 aliphatic carbocycles. The molecule has 1 rings (SSSR count). The molecule has 0 heterocycles. The Hall–Kier alpha value is -0.880. The summed E-state index contributed by atoms with van der Waals surface area (Å²) in [6, 6.07) is 7.02. The van der Waals surface area contributed by atoms with Crippen molar-refractivity contribution in [2.75, 3.05) is 20.1 Å². The van der Waals surface area contributed by atoms with Crippen molar-refractivity contribution in [1.29, 1.82) is 0 Å². The monoisotopic (exact) mass is 337 g/mol. The largest absolute Gasteiger partial charge is 0.390 e. The second-order valence-corrected chi connectivity index (χ2v) is 5.18. The number of hydrogen-bond donors (Lipinski definition) is 0. The van der Waals surface area contributed by atoms with E-state index >= 15 is 0 Å². The summed E-state index contributed by atoms with van der Waals surface area (Å²) >= 11 is 3.28. The first-order valence-electron chi connectivity index (χ1n) is 5.82. The first-order valence-corrected chi connectivity index (χ1v) is 6.62. The Kier molecular flexibility index (Phi) is 6.00. The first-order chi connectivity index (χ1) is 8.79. The Morgan fingerprint density at radius 3 is 2.47 bits per heavy atom. The van der Waals surface area contributed by atoms with E-state index in [1.54, 1.807) is 31.3 Å². The van der Waals surface area contributed by atoms with Gasteiger partial charge in [0, 0.05) is 29.5 Å². The third-order valence-electron chi connectivity index (χ3n) is 2.67. The number of Topliss-reactive ketones (excluding diaryl/α,β-unsaturated/α-hetero) is 1. The molecule has 0 radical (unpaired) electrons. The van der Waals surface area contributed by atoms with Crippen LogP contribution in [0, 0.1) is 0 Å². The van der Waals surface area contributed by atoms with E-state index in [1.807, 2.05) is 0 Å². The van der Waals surface area contributed by atoms with Crippen molar-refractivity contribution < 1.29 is 18.0 Å². The predicted octanol–water partition coefficient (Wildman–Crippen LogP) is 3.91. The van der Waals surface area contributed by atoms with Crippen LogP contribution in [0.3, 0.4) is 0 Å². The van der Waals surface area contributed by atoms with Crippen LogP contribution in [-0.4, -0.2) is 37.0 Å². The van der Waals surface area contributed by atoms with E-state index in [9.17, 15) is 18.0 Å². The Balaban J connectivity index is 2.41. The van der Waals surface area contributed by atoms with E-state index in [1.165, 1.54) is 4.90 Å². The van der Waals surface area contributed by atoms with Crippen molar-refractivity contribution in [2.24, 2.45) is 0 Å². The average molecular weight is 338 g/mol. The van der Waals surface area contributed by atoms with Crippen molar-refractivity contribution in [1.82, 2.24) is 4.90 Å². The molecule has 0 atom stereocenters. The second-order valence-electron chi connectivity index (χ2n) is 4.32. The molecule has 2 nitrogen and oxygen atoms in total. The minimum atomic E-state index is -4.15. The minimum absolute atomic E-state index is 0.0775. The van der Waals surface area contributed by atoms with E-state index in [4.69, 9.17) is 0 Å². The fourth-order valence-corrected chi connectivity index (χ4v) is 2.05. The molecule has 0 amide bonds. The number of halogens is 4. The summed E-state index contributed by atoms with van der Waals surface area (Å²) in [6.45, 7) is 0.225. The van der Waals surface area contributed by atoms with Gasteiger partial charge in [0.1, 0.15) is 0 Å². The molecule has 0 aromatic heterocycles. The van der Waals surface area contributed by atoms with Crippen molar-refractivity contribution >= 4 is 21.7 Å². The summed E-state index contributed by atoms with van der Waals surface area (Å²) in [5.74, 6) is -0.0775. The molecule has 19 heavy (non-hydrogen) atoms. The van der Waals surface area contributed by atoms with E-state index in [-0.39, 0.29) is 18.7 Å². The minimum Gasteiger partial charge on any atom is -0.306 e. The van der Waals surface area contributed by atoms with E-state index in [2.05, 4.69) is 15.9 Å². The van der Waals surface area contributed by atoms with Crippen LogP contribution in [0.4, 0.5) is 13.2 Å². The standard InChI is InChI=1S/C13H15BrF3NO/c1-18(9-7-13(15,16)17)8-6-12(19)10-4-2-3-5-11(10)14/h2-5H,6-9H2,1H3. The Morgan fingerprint density at radius 2 is 1.89 bits per heavy atom. The fraction of sp³-hybridized carbons (Fsp3) is 0.462. The van der Waals surface area contributed by atoms with Gasteiger partial charge in [0.2, 0.25) is 0 Å². The molecule has 0 bridgehead atoms. The van der Waals surface area contributed by atoms with Crippen LogP contribution in [0.25, 0.3) is 0 Å². The predicted molar refractivity (Wildman–Crippen MR) is 71.3 cm³/mol. The Labute approximate surface area is 118 Å². The van der Waals surface area contributed by atoms with Crippen molar-refractivity contribution in [3.63, 3.8) is 0 Å². The van der Waals surface area contributed by atoms with Crippen LogP contribution in [0.2, 0.25) is 0 Å². The molecule has 0 spiro atoms. The lowest BCUT2D eigenvalue weighted by Crippen LogP contribution is -2.26. The lowest BCUT2D eigenvalue weighted by atomic mass is 10.1. The van der Waals surface area contributed by atoms with Crippen LogP contribution < -0.4 is 0 Å². The maximum absolute atomic E-state index is 12.0. The van der Waals surface area contributed by atoms with Crippen LogP contribution >= 0.6 is 15.9 Å². The summed E-state index contributed by atoms with van der Waals surface area (Å²) in [4.78, 5) is 13.4. The van der Waals surface area contributed by atoms with Crippen molar-refractivity contribution in [2.45, 2.75) is 19.0 Å². The van der Waals surface area contributed by atoms with Crippen LogP contribution in [0.5, 0.6) is 0 Å². The topological polar surface area (TPSA) is 20.3 Å². The zero-order valence-electron chi connectivity index (χ0n) is 10.5. The van der Waals surface area contributed by atoms with Crippen LogP contribution in [-0.2, 0) is 0 Å². The summed E-state index contributed by atoms with van der Waals surface area (Å²) in [6.07, 6.45) is -4.80. The van der Waals surface area contributed by atoms with Gasteiger partial charge in [0.15, 0.2) is 5.78 Å². The number of rotatable bonds is 6. The van der Waals surface area contributed by atoms with E-state index in [0.717, 1.165) is 0 Å². The van der Waals surface area contributed by atoms with Gasteiger partial charge in [0.25, 0.3) is 0 Å². The van der Waals surface area contributed by atoms with Gasteiger partial charge < -0.3 is 4.90 Å². The summed E-state index contributed by atoms with van der Waals surface area (Å²) in [5.41, 5.74) is 0.562. The van der Waals surface area contributed by atoms with Gasteiger partial charge in [-0.1, -0.05) is 34.1 Å². The molecule has 0 unspecified atom stereocenters. The number of benzene rings is 1. The molecular weight excluding hydrogens is 323 g/mol. The third kappa shape index (κ3) is 6.20. The molecular formula is C13H15BrF3NO. The van der Waals surface area contributed by atoms with Crippen molar-refractivity contribution in [3.05, 3.63) is 34.3 Å².